The minimum Gasteiger partial charge on any atom is -0.388 e. The van der Waals surface area contributed by atoms with Crippen LogP contribution in [-0.4, -0.2) is 5.11 Å². The van der Waals surface area contributed by atoms with Gasteiger partial charge in [-0.1, -0.05) is 42.5 Å². The molecule has 0 amide bonds. The zero-order chi connectivity index (χ0) is 14.2. The van der Waals surface area contributed by atoms with E-state index in [9.17, 15) is 5.11 Å². The van der Waals surface area contributed by atoms with E-state index in [0.717, 1.165) is 5.56 Å². The Labute approximate surface area is 128 Å². The molecule has 1 unspecified atom stereocenters. The van der Waals surface area contributed by atoms with E-state index < -0.39 is 6.10 Å². The van der Waals surface area contributed by atoms with Gasteiger partial charge < -0.3 is 5.11 Å². The lowest BCUT2D eigenvalue weighted by Gasteiger charge is -2.15. The lowest BCUT2D eigenvalue weighted by atomic mass is 9.94. The Morgan fingerprint density at radius 2 is 1.81 bits per heavy atom. The molecule has 0 spiro atoms. The molecule has 0 bridgehead atoms. The molecule has 0 aliphatic heterocycles. The monoisotopic (exact) mass is 294 g/mol. The molecule has 1 aliphatic rings. The standard InChI is InChI=1S/C19H18OS/c20-18(17-7-2-1-5-15(17)13-9-10-13)11-14-12-21-19-8-4-3-6-16(14)19/h1-8,12-13,18,20H,9-11H2. The number of hydrogen-bond acceptors (Lipinski definition) is 2. The van der Waals surface area contributed by atoms with Gasteiger partial charge in [-0.15, -0.1) is 11.3 Å². The molecule has 21 heavy (non-hydrogen) atoms. The first-order chi connectivity index (χ1) is 10.3. The summed E-state index contributed by atoms with van der Waals surface area (Å²) < 4.78 is 1.30. The van der Waals surface area contributed by atoms with Crippen LogP contribution in [0.1, 0.15) is 41.6 Å². The molecule has 1 fully saturated rings. The van der Waals surface area contributed by atoms with Crippen LogP contribution in [0.15, 0.2) is 53.9 Å². The summed E-state index contributed by atoms with van der Waals surface area (Å²) in [5.41, 5.74) is 3.73. The Bertz CT molecular complexity index is 770. The van der Waals surface area contributed by atoms with Gasteiger partial charge in [-0.25, -0.2) is 0 Å². The van der Waals surface area contributed by atoms with Crippen LogP contribution in [0, 0.1) is 0 Å². The molecule has 106 valence electrons. The van der Waals surface area contributed by atoms with Gasteiger partial charge in [0.05, 0.1) is 6.10 Å². The number of hydrogen-bond donors (Lipinski definition) is 1. The predicted octanol–water partition coefficient (Wildman–Crippen LogP) is 5.05. The molecular weight excluding hydrogens is 276 g/mol. The van der Waals surface area contributed by atoms with E-state index in [4.69, 9.17) is 0 Å². The average Bonchev–Trinajstić information content (AvgIpc) is 3.30. The highest BCUT2D eigenvalue weighted by molar-refractivity contribution is 7.17. The molecule has 1 aromatic heterocycles. The van der Waals surface area contributed by atoms with E-state index in [0.29, 0.717) is 12.3 Å². The summed E-state index contributed by atoms with van der Waals surface area (Å²) in [4.78, 5) is 0. The van der Waals surface area contributed by atoms with E-state index in [-0.39, 0.29) is 0 Å². The SMILES string of the molecule is OC(Cc1csc2ccccc12)c1ccccc1C1CC1. The summed E-state index contributed by atoms with van der Waals surface area (Å²) in [6.07, 6.45) is 2.84. The molecule has 1 nitrogen and oxygen atoms in total. The highest BCUT2D eigenvalue weighted by atomic mass is 32.1. The normalized spacial score (nSPS) is 16.2. The summed E-state index contributed by atoms with van der Waals surface area (Å²) in [5.74, 6) is 0.676. The third kappa shape index (κ3) is 2.50. The lowest BCUT2D eigenvalue weighted by Crippen LogP contribution is -2.04. The van der Waals surface area contributed by atoms with Crippen molar-refractivity contribution in [2.24, 2.45) is 0 Å². The fourth-order valence-electron chi connectivity index (χ4n) is 3.09. The van der Waals surface area contributed by atoms with Crippen LogP contribution >= 0.6 is 11.3 Å². The van der Waals surface area contributed by atoms with Crippen molar-refractivity contribution in [1.82, 2.24) is 0 Å². The first kappa shape index (κ1) is 13.1. The molecule has 1 N–H and O–H groups in total. The van der Waals surface area contributed by atoms with Crippen LogP contribution in [0.5, 0.6) is 0 Å². The zero-order valence-corrected chi connectivity index (χ0v) is 12.6. The summed E-state index contributed by atoms with van der Waals surface area (Å²) >= 11 is 1.76. The van der Waals surface area contributed by atoms with Crippen molar-refractivity contribution < 1.29 is 5.11 Å². The number of aliphatic hydroxyl groups excluding tert-OH is 1. The largest absolute Gasteiger partial charge is 0.388 e. The van der Waals surface area contributed by atoms with Gasteiger partial charge in [-0.3, -0.25) is 0 Å². The fraction of sp³-hybridized carbons (Fsp3) is 0.263. The van der Waals surface area contributed by atoms with Crippen LogP contribution in [0.3, 0.4) is 0 Å². The smallest absolute Gasteiger partial charge is 0.0833 e. The Hall–Kier alpha value is -1.64. The van der Waals surface area contributed by atoms with Crippen molar-refractivity contribution in [3.63, 3.8) is 0 Å². The van der Waals surface area contributed by atoms with Crippen LogP contribution in [0.25, 0.3) is 10.1 Å². The number of aliphatic hydroxyl groups is 1. The van der Waals surface area contributed by atoms with E-state index in [1.807, 2.05) is 6.07 Å². The van der Waals surface area contributed by atoms with E-state index in [2.05, 4.69) is 47.8 Å². The minimum atomic E-state index is -0.403. The number of fused-ring (bicyclic) bond motifs is 1. The van der Waals surface area contributed by atoms with Crippen molar-refractivity contribution >= 4 is 21.4 Å². The summed E-state index contributed by atoms with van der Waals surface area (Å²) in [6, 6.07) is 16.8. The van der Waals surface area contributed by atoms with Gasteiger partial charge in [-0.05, 0) is 52.3 Å². The Kier molecular flexibility index (Phi) is 3.28. The Balaban J connectivity index is 1.65. The van der Waals surface area contributed by atoms with Crippen molar-refractivity contribution in [2.75, 3.05) is 0 Å². The van der Waals surface area contributed by atoms with Crippen molar-refractivity contribution in [1.29, 1.82) is 0 Å². The molecule has 3 aromatic rings. The predicted molar refractivity (Wildman–Crippen MR) is 88.9 cm³/mol. The maximum absolute atomic E-state index is 10.7. The topological polar surface area (TPSA) is 20.2 Å². The second kappa shape index (κ2) is 5.28. The van der Waals surface area contributed by atoms with E-state index >= 15 is 0 Å². The summed E-state index contributed by atoms with van der Waals surface area (Å²) in [6.45, 7) is 0. The minimum absolute atomic E-state index is 0.403. The van der Waals surface area contributed by atoms with Gasteiger partial charge in [0, 0.05) is 11.1 Å². The van der Waals surface area contributed by atoms with Gasteiger partial charge in [-0.2, -0.15) is 0 Å². The van der Waals surface area contributed by atoms with Crippen LogP contribution in [-0.2, 0) is 6.42 Å². The quantitative estimate of drug-likeness (QED) is 0.713. The van der Waals surface area contributed by atoms with Crippen LogP contribution in [0.2, 0.25) is 0 Å². The second-order valence-corrected chi connectivity index (χ2v) is 6.79. The van der Waals surface area contributed by atoms with Crippen molar-refractivity contribution in [2.45, 2.75) is 31.3 Å². The summed E-state index contributed by atoms with van der Waals surface area (Å²) in [7, 11) is 0. The van der Waals surface area contributed by atoms with Gasteiger partial charge in [0.2, 0.25) is 0 Å². The van der Waals surface area contributed by atoms with Gasteiger partial charge >= 0.3 is 0 Å². The third-order valence-electron chi connectivity index (χ3n) is 4.35. The van der Waals surface area contributed by atoms with Crippen molar-refractivity contribution in [3.05, 3.63) is 70.6 Å². The zero-order valence-electron chi connectivity index (χ0n) is 11.8. The first-order valence-corrected chi connectivity index (χ1v) is 8.43. The van der Waals surface area contributed by atoms with Gasteiger partial charge in [0.25, 0.3) is 0 Å². The Morgan fingerprint density at radius 1 is 1.05 bits per heavy atom. The highest BCUT2D eigenvalue weighted by Gasteiger charge is 2.27. The highest BCUT2D eigenvalue weighted by Crippen LogP contribution is 2.43. The molecule has 2 aromatic carbocycles. The molecule has 1 saturated carbocycles. The third-order valence-corrected chi connectivity index (χ3v) is 5.36. The number of thiophene rings is 1. The van der Waals surface area contributed by atoms with E-state index in [1.54, 1.807) is 11.3 Å². The molecule has 0 radical (unpaired) electrons. The molecule has 1 heterocycles. The number of rotatable bonds is 4. The summed E-state index contributed by atoms with van der Waals surface area (Å²) in [5, 5.41) is 14.2. The van der Waals surface area contributed by atoms with Gasteiger partial charge in [0.1, 0.15) is 0 Å². The molecular formula is C19H18OS. The molecule has 2 heteroatoms. The molecule has 1 aliphatic carbocycles. The second-order valence-electron chi connectivity index (χ2n) is 5.88. The van der Waals surface area contributed by atoms with Crippen molar-refractivity contribution in [3.8, 4) is 0 Å². The van der Waals surface area contributed by atoms with Crippen LogP contribution < -0.4 is 0 Å². The van der Waals surface area contributed by atoms with Gasteiger partial charge in [0.15, 0.2) is 0 Å². The molecule has 4 rings (SSSR count). The maximum atomic E-state index is 10.7. The number of benzene rings is 2. The average molecular weight is 294 g/mol. The first-order valence-electron chi connectivity index (χ1n) is 7.55. The van der Waals surface area contributed by atoms with E-state index in [1.165, 1.54) is 34.1 Å². The lowest BCUT2D eigenvalue weighted by molar-refractivity contribution is 0.178. The fourth-order valence-corrected chi connectivity index (χ4v) is 4.07. The molecule has 0 saturated heterocycles. The van der Waals surface area contributed by atoms with Crippen LogP contribution in [0.4, 0.5) is 0 Å². The Morgan fingerprint density at radius 3 is 2.67 bits per heavy atom. The molecule has 1 atom stereocenters. The maximum Gasteiger partial charge on any atom is 0.0833 e.